The van der Waals surface area contributed by atoms with Gasteiger partial charge in [0.1, 0.15) is 0 Å². The monoisotopic (exact) mass is 545 g/mol. The Bertz CT molecular complexity index is 1180. The van der Waals surface area contributed by atoms with E-state index < -0.39 is 11.7 Å². The standard InChI is InChI=1S/C27H34F3N7O2/c1-17-12-36(24-31-10-21(11-32-24)27(28,29)30)13-18(2)37(17)25(39)34-23-8-26(9-23)15-35(16-26)14-20-4-6-22(7-5-20)33-19(3)38/h4-7,10-11,17-18,23H,8-9,12-16H2,1-3H3,(H,33,38)(H,34,39)/t17-,18+. The molecule has 3 fully saturated rings. The van der Waals surface area contributed by atoms with Crippen LogP contribution in [-0.2, 0) is 17.5 Å². The zero-order valence-electron chi connectivity index (χ0n) is 22.3. The zero-order chi connectivity index (χ0) is 27.9. The third-order valence-electron chi connectivity index (χ3n) is 7.89. The molecule has 0 bridgehead atoms. The van der Waals surface area contributed by atoms with Crippen molar-refractivity contribution in [1.82, 2.24) is 25.1 Å². The van der Waals surface area contributed by atoms with E-state index in [1.165, 1.54) is 12.5 Å². The molecule has 1 aromatic heterocycles. The molecule has 1 saturated carbocycles. The Kier molecular flexibility index (Phi) is 7.17. The fourth-order valence-corrected chi connectivity index (χ4v) is 6.28. The number of nitrogens with one attached hydrogen (secondary N) is 2. The molecule has 2 aliphatic heterocycles. The van der Waals surface area contributed by atoms with Crippen LogP contribution < -0.4 is 15.5 Å². The van der Waals surface area contributed by atoms with Gasteiger partial charge in [-0.2, -0.15) is 13.2 Å². The summed E-state index contributed by atoms with van der Waals surface area (Å²) in [5.41, 5.74) is 1.38. The molecule has 1 spiro atoms. The third kappa shape index (κ3) is 5.95. The summed E-state index contributed by atoms with van der Waals surface area (Å²) >= 11 is 0. The van der Waals surface area contributed by atoms with Gasteiger partial charge in [-0.05, 0) is 49.8 Å². The number of urea groups is 1. The maximum Gasteiger partial charge on any atom is 0.419 e. The van der Waals surface area contributed by atoms with E-state index >= 15 is 0 Å². The molecule has 2 atom stereocenters. The molecule has 1 aromatic carbocycles. The van der Waals surface area contributed by atoms with Crippen molar-refractivity contribution in [3.05, 3.63) is 47.8 Å². The van der Waals surface area contributed by atoms with Crippen molar-refractivity contribution in [3.63, 3.8) is 0 Å². The van der Waals surface area contributed by atoms with Gasteiger partial charge in [-0.3, -0.25) is 9.69 Å². The van der Waals surface area contributed by atoms with Gasteiger partial charge in [0, 0.05) is 75.9 Å². The smallest absolute Gasteiger partial charge is 0.337 e. The number of rotatable bonds is 5. The Morgan fingerprint density at radius 1 is 1.03 bits per heavy atom. The lowest BCUT2D eigenvalue weighted by molar-refractivity contribution is -0.138. The van der Waals surface area contributed by atoms with E-state index in [1.54, 1.807) is 0 Å². The van der Waals surface area contributed by atoms with Crippen molar-refractivity contribution >= 4 is 23.6 Å². The van der Waals surface area contributed by atoms with E-state index in [1.807, 2.05) is 47.9 Å². The number of anilines is 2. The second-order valence-electron chi connectivity index (χ2n) is 11.4. The molecule has 3 heterocycles. The Hall–Kier alpha value is -3.41. The quantitative estimate of drug-likeness (QED) is 0.595. The first-order valence-electron chi connectivity index (χ1n) is 13.2. The van der Waals surface area contributed by atoms with Crippen LogP contribution in [0.4, 0.5) is 29.6 Å². The van der Waals surface area contributed by atoms with Crippen LogP contribution in [0.2, 0.25) is 0 Å². The van der Waals surface area contributed by atoms with E-state index in [4.69, 9.17) is 0 Å². The summed E-state index contributed by atoms with van der Waals surface area (Å²) in [6.45, 7) is 9.11. The molecular formula is C27H34F3N7O2. The van der Waals surface area contributed by atoms with E-state index in [9.17, 15) is 22.8 Å². The Morgan fingerprint density at radius 2 is 1.62 bits per heavy atom. The van der Waals surface area contributed by atoms with Gasteiger partial charge in [0.25, 0.3) is 0 Å². The third-order valence-corrected chi connectivity index (χ3v) is 7.89. The molecule has 2 saturated heterocycles. The number of alkyl halides is 3. The molecular weight excluding hydrogens is 511 g/mol. The van der Waals surface area contributed by atoms with Crippen LogP contribution >= 0.6 is 0 Å². The van der Waals surface area contributed by atoms with Gasteiger partial charge in [-0.15, -0.1) is 0 Å². The fraction of sp³-hybridized carbons (Fsp3) is 0.556. The maximum atomic E-state index is 13.1. The number of nitrogens with zero attached hydrogens (tertiary/aromatic N) is 5. The maximum absolute atomic E-state index is 13.1. The van der Waals surface area contributed by atoms with E-state index in [0.29, 0.717) is 13.1 Å². The second-order valence-corrected chi connectivity index (χ2v) is 11.4. The number of piperazine rings is 1. The highest BCUT2D eigenvalue weighted by Gasteiger charge is 2.52. The van der Waals surface area contributed by atoms with Gasteiger partial charge >= 0.3 is 12.2 Å². The summed E-state index contributed by atoms with van der Waals surface area (Å²) in [7, 11) is 0. The molecule has 5 rings (SSSR count). The number of amides is 3. The lowest BCUT2D eigenvalue weighted by atomic mass is 9.60. The summed E-state index contributed by atoms with van der Waals surface area (Å²) in [6.07, 6.45) is -0.962. The number of carbonyl (C=O) groups excluding carboxylic acids is 2. The van der Waals surface area contributed by atoms with Crippen LogP contribution in [-0.4, -0.2) is 76.0 Å². The predicted molar refractivity (Wildman–Crippen MR) is 140 cm³/mol. The minimum atomic E-state index is -4.48. The van der Waals surface area contributed by atoms with Crippen molar-refractivity contribution in [3.8, 4) is 0 Å². The largest absolute Gasteiger partial charge is 0.419 e. The second kappa shape index (κ2) is 10.3. The van der Waals surface area contributed by atoms with Gasteiger partial charge in [0.05, 0.1) is 5.56 Å². The summed E-state index contributed by atoms with van der Waals surface area (Å²) < 4.78 is 38.5. The topological polar surface area (TPSA) is 93.7 Å². The van der Waals surface area contributed by atoms with Crippen LogP contribution in [0, 0.1) is 5.41 Å². The average Bonchev–Trinajstić information content (AvgIpc) is 2.81. The van der Waals surface area contributed by atoms with Crippen molar-refractivity contribution in [1.29, 1.82) is 0 Å². The molecule has 210 valence electrons. The summed E-state index contributed by atoms with van der Waals surface area (Å²) in [5.74, 6) is 0.152. The number of benzene rings is 1. The number of aromatic nitrogens is 2. The Morgan fingerprint density at radius 3 is 2.15 bits per heavy atom. The van der Waals surface area contributed by atoms with E-state index in [2.05, 4.69) is 25.5 Å². The highest BCUT2D eigenvalue weighted by molar-refractivity contribution is 5.88. The first-order valence-corrected chi connectivity index (χ1v) is 13.2. The highest BCUT2D eigenvalue weighted by atomic mass is 19.4. The van der Waals surface area contributed by atoms with Gasteiger partial charge in [-0.25, -0.2) is 14.8 Å². The molecule has 0 radical (unpaired) electrons. The highest BCUT2D eigenvalue weighted by Crippen LogP contribution is 2.48. The summed E-state index contributed by atoms with van der Waals surface area (Å²) in [4.78, 5) is 38.2. The summed E-state index contributed by atoms with van der Waals surface area (Å²) in [5, 5.41) is 5.97. The van der Waals surface area contributed by atoms with Crippen molar-refractivity contribution < 1.29 is 22.8 Å². The van der Waals surface area contributed by atoms with E-state index in [0.717, 1.165) is 50.6 Å². The van der Waals surface area contributed by atoms with E-state index in [-0.39, 0.29) is 41.4 Å². The molecule has 0 unspecified atom stereocenters. The molecule has 39 heavy (non-hydrogen) atoms. The van der Waals surface area contributed by atoms with Gasteiger partial charge in [-0.1, -0.05) is 12.1 Å². The van der Waals surface area contributed by atoms with Crippen LogP contribution in [0.3, 0.4) is 0 Å². The SMILES string of the molecule is CC(=O)Nc1ccc(CN2CC3(CC(NC(=O)N4[C@H](C)CN(c5ncc(C(F)(F)F)cn5)C[C@@H]4C)C3)C2)cc1. The number of likely N-dealkylation sites (tertiary alicyclic amines) is 1. The van der Waals surface area contributed by atoms with Gasteiger partial charge in [0.15, 0.2) is 0 Å². The first-order chi connectivity index (χ1) is 18.4. The number of halogens is 3. The Labute approximate surface area is 225 Å². The fourth-order valence-electron chi connectivity index (χ4n) is 6.28. The molecule has 2 N–H and O–H groups in total. The van der Waals surface area contributed by atoms with Gasteiger partial charge in [0.2, 0.25) is 11.9 Å². The van der Waals surface area contributed by atoms with Crippen molar-refractivity contribution in [2.75, 3.05) is 36.4 Å². The first kappa shape index (κ1) is 27.2. The van der Waals surface area contributed by atoms with Gasteiger partial charge < -0.3 is 20.4 Å². The Balaban J connectivity index is 1.06. The molecule has 2 aromatic rings. The van der Waals surface area contributed by atoms with Crippen LogP contribution in [0.15, 0.2) is 36.7 Å². The minimum Gasteiger partial charge on any atom is -0.337 e. The molecule has 3 amide bonds. The minimum absolute atomic E-state index is 0.0852. The lowest BCUT2D eigenvalue weighted by Crippen LogP contribution is -2.68. The normalized spacial score (nSPS) is 23.2. The number of hydrogen-bond acceptors (Lipinski definition) is 6. The lowest BCUT2D eigenvalue weighted by Gasteiger charge is -2.59. The molecule has 1 aliphatic carbocycles. The average molecular weight is 546 g/mol. The van der Waals surface area contributed by atoms with Crippen molar-refractivity contribution in [2.24, 2.45) is 5.41 Å². The zero-order valence-corrected chi connectivity index (χ0v) is 22.3. The molecule has 9 nitrogen and oxygen atoms in total. The number of carbonyl (C=O) groups is 2. The molecule has 12 heteroatoms. The van der Waals surface area contributed by atoms with Crippen molar-refractivity contribution in [2.45, 2.75) is 64.5 Å². The predicted octanol–water partition coefficient (Wildman–Crippen LogP) is 3.73. The van der Waals surface area contributed by atoms with Crippen LogP contribution in [0.1, 0.15) is 44.7 Å². The number of hydrogen-bond donors (Lipinski definition) is 2. The molecule has 3 aliphatic rings. The summed E-state index contributed by atoms with van der Waals surface area (Å²) in [6, 6.07) is 7.65. The van der Waals surface area contributed by atoms with Crippen LogP contribution in [0.25, 0.3) is 0 Å². The van der Waals surface area contributed by atoms with Crippen LogP contribution in [0.5, 0.6) is 0 Å².